The molecule has 0 unspecified atom stereocenters. The predicted molar refractivity (Wildman–Crippen MR) is 97.6 cm³/mol. The summed E-state index contributed by atoms with van der Waals surface area (Å²) in [6.45, 7) is 3.17. The van der Waals surface area contributed by atoms with Crippen molar-refractivity contribution in [2.45, 2.75) is 13.8 Å². The Labute approximate surface area is 157 Å². The van der Waals surface area contributed by atoms with Gasteiger partial charge in [0, 0.05) is 17.7 Å². The molecule has 0 N–H and O–H groups in total. The average Bonchev–Trinajstić information content (AvgIpc) is 2.63. The molecule has 0 saturated heterocycles. The second-order valence-corrected chi connectivity index (χ2v) is 5.85. The zero-order valence-corrected chi connectivity index (χ0v) is 15.0. The molecule has 0 aliphatic carbocycles. The van der Waals surface area contributed by atoms with E-state index >= 15 is 0 Å². The number of rotatable bonds is 4. The van der Waals surface area contributed by atoms with Gasteiger partial charge in [-0.15, -0.1) is 0 Å². The van der Waals surface area contributed by atoms with E-state index in [2.05, 4.69) is 4.98 Å². The van der Waals surface area contributed by atoms with Crippen molar-refractivity contribution in [1.29, 1.82) is 0 Å². The lowest BCUT2D eigenvalue weighted by molar-refractivity contribution is -0.137. The molecule has 1 aromatic heterocycles. The lowest BCUT2D eigenvalue weighted by atomic mass is 10.1. The van der Waals surface area contributed by atoms with Gasteiger partial charge in [0.1, 0.15) is 29.0 Å². The maximum atomic E-state index is 14.3. The summed E-state index contributed by atoms with van der Waals surface area (Å²) in [5.74, 6) is -3.26. The van der Waals surface area contributed by atoms with E-state index in [9.17, 15) is 22.8 Å². The lowest BCUT2D eigenvalue weighted by Gasteiger charge is -2.13. The highest BCUT2D eigenvalue weighted by atomic mass is 19.1. The first kappa shape index (κ1) is 19.3. The summed E-state index contributed by atoms with van der Waals surface area (Å²) in [6.07, 6.45) is 2.17. The van der Waals surface area contributed by atoms with Crippen LogP contribution >= 0.6 is 0 Å². The van der Waals surface area contributed by atoms with Crippen LogP contribution in [-0.2, 0) is 9.53 Å². The number of ether oxygens (including phenoxy) is 1. The molecule has 0 amide bonds. The highest BCUT2D eigenvalue weighted by molar-refractivity contribution is 5.88. The third kappa shape index (κ3) is 3.53. The van der Waals surface area contributed by atoms with E-state index in [0.717, 1.165) is 34.9 Å². The van der Waals surface area contributed by atoms with Gasteiger partial charge in [-0.3, -0.25) is 9.36 Å². The van der Waals surface area contributed by atoms with Crippen LogP contribution in [0.2, 0.25) is 0 Å². The number of esters is 1. The van der Waals surface area contributed by atoms with E-state index in [1.807, 2.05) is 0 Å². The lowest BCUT2D eigenvalue weighted by Crippen LogP contribution is -2.24. The molecule has 0 radical (unpaired) electrons. The Morgan fingerprint density at radius 1 is 1.18 bits per heavy atom. The van der Waals surface area contributed by atoms with E-state index in [-0.39, 0.29) is 28.9 Å². The van der Waals surface area contributed by atoms with Gasteiger partial charge in [-0.2, -0.15) is 0 Å². The van der Waals surface area contributed by atoms with Gasteiger partial charge in [0.25, 0.3) is 5.56 Å². The molecule has 0 bridgehead atoms. The van der Waals surface area contributed by atoms with Crippen molar-refractivity contribution >= 4 is 22.9 Å². The van der Waals surface area contributed by atoms with E-state index < -0.39 is 34.7 Å². The van der Waals surface area contributed by atoms with Crippen LogP contribution in [0.1, 0.15) is 18.3 Å². The molecule has 0 aliphatic heterocycles. The van der Waals surface area contributed by atoms with Crippen LogP contribution in [0.4, 0.5) is 13.2 Å². The number of carbonyl (C=O) groups is 1. The van der Waals surface area contributed by atoms with Gasteiger partial charge in [0.15, 0.2) is 0 Å². The Kier molecular flexibility index (Phi) is 5.30. The van der Waals surface area contributed by atoms with Crippen molar-refractivity contribution in [2.24, 2.45) is 0 Å². The number of benzene rings is 2. The number of halogens is 3. The summed E-state index contributed by atoms with van der Waals surface area (Å²) in [7, 11) is 0. The van der Waals surface area contributed by atoms with Crippen LogP contribution in [0.15, 0.2) is 41.2 Å². The van der Waals surface area contributed by atoms with Crippen molar-refractivity contribution in [3.63, 3.8) is 0 Å². The SMILES string of the molecule is CCOC(=O)/C=C/c1cc2c(=O)n(-c3c(F)cccc3F)c(C)nc2cc1F. The average molecular weight is 388 g/mol. The Morgan fingerprint density at radius 3 is 2.50 bits per heavy atom. The van der Waals surface area contributed by atoms with Gasteiger partial charge in [-0.25, -0.2) is 22.9 Å². The van der Waals surface area contributed by atoms with Gasteiger partial charge >= 0.3 is 5.97 Å². The van der Waals surface area contributed by atoms with Crippen molar-refractivity contribution in [3.05, 3.63) is 75.6 Å². The Bertz CT molecular complexity index is 1150. The van der Waals surface area contributed by atoms with Crippen LogP contribution in [-0.4, -0.2) is 22.1 Å². The molecular weight excluding hydrogens is 373 g/mol. The van der Waals surface area contributed by atoms with E-state index in [1.165, 1.54) is 19.1 Å². The van der Waals surface area contributed by atoms with Gasteiger partial charge in [0.2, 0.25) is 0 Å². The minimum atomic E-state index is -0.934. The third-order valence-electron chi connectivity index (χ3n) is 4.00. The maximum Gasteiger partial charge on any atom is 0.330 e. The predicted octanol–water partition coefficient (Wildman–Crippen LogP) is 3.69. The second kappa shape index (κ2) is 7.67. The standard InChI is InChI=1S/C20H15F3N2O3/c1-3-28-18(26)8-7-12-9-13-17(10-16(12)23)24-11(2)25(20(13)27)19-14(21)5-4-6-15(19)22/h4-10H,3H2,1-2H3/b8-7+. The monoisotopic (exact) mass is 388 g/mol. The molecule has 3 rings (SSSR count). The van der Waals surface area contributed by atoms with Gasteiger partial charge in [-0.05, 0) is 38.1 Å². The van der Waals surface area contributed by atoms with Gasteiger partial charge in [0.05, 0.1) is 17.5 Å². The molecule has 2 aromatic carbocycles. The zero-order valence-electron chi connectivity index (χ0n) is 15.0. The summed E-state index contributed by atoms with van der Waals surface area (Å²) in [4.78, 5) is 28.4. The Hall–Kier alpha value is -3.42. The maximum absolute atomic E-state index is 14.3. The first-order chi connectivity index (χ1) is 13.3. The Balaban J connectivity index is 2.23. The number of carbonyl (C=O) groups excluding carboxylic acids is 1. The molecule has 0 aliphatic rings. The van der Waals surface area contributed by atoms with Gasteiger partial charge in [-0.1, -0.05) is 6.07 Å². The molecule has 8 heteroatoms. The van der Waals surface area contributed by atoms with E-state index in [0.29, 0.717) is 0 Å². The van der Waals surface area contributed by atoms with Crippen LogP contribution in [0.25, 0.3) is 22.7 Å². The van der Waals surface area contributed by atoms with Gasteiger partial charge < -0.3 is 4.74 Å². The fourth-order valence-corrected chi connectivity index (χ4v) is 2.78. The molecule has 3 aromatic rings. The number of hydrogen-bond donors (Lipinski definition) is 0. The molecule has 28 heavy (non-hydrogen) atoms. The third-order valence-corrected chi connectivity index (χ3v) is 4.00. The molecule has 1 heterocycles. The molecule has 0 atom stereocenters. The van der Waals surface area contributed by atoms with Crippen LogP contribution in [0.5, 0.6) is 0 Å². The topological polar surface area (TPSA) is 61.2 Å². The summed E-state index contributed by atoms with van der Waals surface area (Å²) < 4.78 is 48.2. The summed E-state index contributed by atoms with van der Waals surface area (Å²) in [5.41, 5.74) is -1.37. The summed E-state index contributed by atoms with van der Waals surface area (Å²) in [6, 6.07) is 5.41. The van der Waals surface area contributed by atoms with E-state index in [4.69, 9.17) is 4.74 Å². The summed E-state index contributed by atoms with van der Waals surface area (Å²) >= 11 is 0. The van der Waals surface area contributed by atoms with Crippen LogP contribution in [0, 0.1) is 24.4 Å². The van der Waals surface area contributed by atoms with Crippen molar-refractivity contribution in [1.82, 2.24) is 9.55 Å². The summed E-state index contributed by atoms with van der Waals surface area (Å²) in [5, 5.41) is -0.0573. The minimum Gasteiger partial charge on any atom is -0.463 e. The minimum absolute atomic E-state index is 0.00397. The van der Waals surface area contributed by atoms with Crippen molar-refractivity contribution in [2.75, 3.05) is 6.61 Å². The number of hydrogen-bond acceptors (Lipinski definition) is 4. The zero-order chi connectivity index (χ0) is 20.4. The number of nitrogens with zero attached hydrogens (tertiary/aromatic N) is 2. The number of fused-ring (bicyclic) bond motifs is 1. The first-order valence-electron chi connectivity index (χ1n) is 8.35. The molecular formula is C20H15F3N2O3. The molecule has 0 fully saturated rings. The molecule has 144 valence electrons. The fourth-order valence-electron chi connectivity index (χ4n) is 2.78. The molecule has 0 spiro atoms. The van der Waals surface area contributed by atoms with Crippen molar-refractivity contribution < 1.29 is 22.7 Å². The first-order valence-corrected chi connectivity index (χ1v) is 8.35. The molecule has 0 saturated carbocycles. The quantitative estimate of drug-likeness (QED) is 0.505. The number of aryl methyl sites for hydroxylation is 1. The molecule has 5 nitrogen and oxygen atoms in total. The normalized spacial score (nSPS) is 11.3. The van der Waals surface area contributed by atoms with Crippen LogP contribution in [0.3, 0.4) is 0 Å². The van der Waals surface area contributed by atoms with Crippen LogP contribution < -0.4 is 5.56 Å². The second-order valence-electron chi connectivity index (χ2n) is 5.85. The van der Waals surface area contributed by atoms with E-state index in [1.54, 1.807) is 6.92 Å². The fraction of sp³-hybridized carbons (Fsp3) is 0.150. The van der Waals surface area contributed by atoms with Crippen molar-refractivity contribution in [3.8, 4) is 5.69 Å². The Morgan fingerprint density at radius 2 is 1.86 bits per heavy atom. The largest absolute Gasteiger partial charge is 0.463 e. The highest BCUT2D eigenvalue weighted by Crippen LogP contribution is 2.21. The number of para-hydroxylation sites is 1. The highest BCUT2D eigenvalue weighted by Gasteiger charge is 2.18. The smallest absolute Gasteiger partial charge is 0.330 e. The number of aromatic nitrogens is 2.